The van der Waals surface area contributed by atoms with Crippen molar-refractivity contribution in [2.45, 2.75) is 26.4 Å². The van der Waals surface area contributed by atoms with Crippen LogP contribution >= 0.6 is 23.2 Å². The van der Waals surface area contributed by atoms with Crippen LogP contribution in [0.15, 0.2) is 35.7 Å². The van der Waals surface area contributed by atoms with E-state index >= 15 is 0 Å². The molecule has 0 saturated heterocycles. The van der Waals surface area contributed by atoms with Crippen molar-refractivity contribution in [2.24, 2.45) is 12.0 Å². The summed E-state index contributed by atoms with van der Waals surface area (Å²) in [6, 6.07) is 5.17. The average molecular weight is 326 g/mol. The number of aliphatic imine (C=N–C) groups is 1. The van der Waals surface area contributed by atoms with Gasteiger partial charge in [0.15, 0.2) is 0 Å². The van der Waals surface area contributed by atoms with Crippen molar-refractivity contribution in [1.82, 2.24) is 9.55 Å². The van der Waals surface area contributed by atoms with Crippen LogP contribution in [0.2, 0.25) is 10.0 Å². The topological polar surface area (TPSA) is 39.4 Å². The normalized spacial score (nSPS) is 13.3. The van der Waals surface area contributed by atoms with Gasteiger partial charge in [-0.3, -0.25) is 0 Å². The first kappa shape index (κ1) is 15.9. The SMILES string of the molecule is CCC(C)OC(=Nc1ccc(Cl)cc1Cl)c1cncn1C. The molecule has 0 amide bonds. The summed E-state index contributed by atoms with van der Waals surface area (Å²) in [5.41, 5.74) is 1.40. The Morgan fingerprint density at radius 2 is 2.19 bits per heavy atom. The number of benzene rings is 1. The van der Waals surface area contributed by atoms with Crippen molar-refractivity contribution >= 4 is 34.8 Å². The fraction of sp³-hybridized carbons (Fsp3) is 0.333. The van der Waals surface area contributed by atoms with E-state index in [1.54, 1.807) is 30.7 Å². The third kappa shape index (κ3) is 3.99. The summed E-state index contributed by atoms with van der Waals surface area (Å²) >= 11 is 12.1. The molecule has 4 nitrogen and oxygen atoms in total. The van der Waals surface area contributed by atoms with Crippen molar-refractivity contribution < 1.29 is 4.74 Å². The van der Waals surface area contributed by atoms with Gasteiger partial charge in [0.1, 0.15) is 5.69 Å². The van der Waals surface area contributed by atoms with Gasteiger partial charge in [0.2, 0.25) is 5.90 Å². The smallest absolute Gasteiger partial charge is 0.240 e. The molecule has 1 aromatic heterocycles. The maximum Gasteiger partial charge on any atom is 0.240 e. The van der Waals surface area contributed by atoms with Gasteiger partial charge in [0.05, 0.1) is 29.3 Å². The summed E-state index contributed by atoms with van der Waals surface area (Å²) in [6.07, 6.45) is 4.34. The summed E-state index contributed by atoms with van der Waals surface area (Å²) < 4.78 is 7.76. The summed E-state index contributed by atoms with van der Waals surface area (Å²) in [7, 11) is 1.89. The molecule has 21 heavy (non-hydrogen) atoms. The third-order valence-corrected chi connectivity index (χ3v) is 3.59. The van der Waals surface area contributed by atoms with Crippen LogP contribution in [0.1, 0.15) is 26.0 Å². The standard InChI is InChI=1S/C15H17Cl2N3O/c1-4-10(2)21-15(14-8-18-9-20(14)3)19-13-6-5-11(16)7-12(13)17/h5-10H,4H2,1-3H3. The highest BCUT2D eigenvalue weighted by atomic mass is 35.5. The third-order valence-electron chi connectivity index (χ3n) is 3.06. The van der Waals surface area contributed by atoms with Crippen LogP contribution in [0.5, 0.6) is 0 Å². The Balaban J connectivity index is 2.43. The second kappa shape index (κ2) is 6.96. The number of hydrogen-bond donors (Lipinski definition) is 0. The number of aryl methyl sites for hydroxylation is 1. The minimum atomic E-state index is 0.0460. The lowest BCUT2D eigenvalue weighted by Crippen LogP contribution is -2.17. The first-order chi connectivity index (χ1) is 10.0. The highest BCUT2D eigenvalue weighted by molar-refractivity contribution is 6.36. The van der Waals surface area contributed by atoms with E-state index in [2.05, 4.69) is 16.9 Å². The molecule has 2 rings (SSSR count). The molecule has 0 saturated carbocycles. The van der Waals surface area contributed by atoms with E-state index < -0.39 is 0 Å². The Hall–Kier alpha value is -1.52. The minimum absolute atomic E-state index is 0.0460. The van der Waals surface area contributed by atoms with E-state index in [0.717, 1.165) is 12.1 Å². The fourth-order valence-electron chi connectivity index (χ4n) is 1.66. The lowest BCUT2D eigenvalue weighted by Gasteiger charge is -2.15. The first-order valence-electron chi connectivity index (χ1n) is 6.68. The second-order valence-corrected chi connectivity index (χ2v) is 5.58. The van der Waals surface area contributed by atoms with Gasteiger partial charge in [-0.1, -0.05) is 30.1 Å². The molecule has 0 radical (unpaired) electrons. The molecule has 6 heteroatoms. The highest BCUT2D eigenvalue weighted by Gasteiger charge is 2.14. The van der Waals surface area contributed by atoms with E-state index in [9.17, 15) is 0 Å². The molecule has 112 valence electrons. The lowest BCUT2D eigenvalue weighted by molar-refractivity contribution is 0.204. The zero-order chi connectivity index (χ0) is 15.4. The van der Waals surface area contributed by atoms with Crippen molar-refractivity contribution in [3.05, 3.63) is 46.5 Å². The molecule has 0 aliphatic rings. The Kier molecular flexibility index (Phi) is 5.26. The van der Waals surface area contributed by atoms with Gasteiger partial charge < -0.3 is 9.30 Å². The molecule has 0 aliphatic heterocycles. The van der Waals surface area contributed by atoms with Crippen LogP contribution in [-0.4, -0.2) is 21.6 Å². The molecular weight excluding hydrogens is 309 g/mol. The van der Waals surface area contributed by atoms with Gasteiger partial charge >= 0.3 is 0 Å². The Morgan fingerprint density at radius 1 is 1.43 bits per heavy atom. The molecule has 1 unspecified atom stereocenters. The van der Waals surface area contributed by atoms with Crippen LogP contribution in [0.4, 0.5) is 5.69 Å². The Morgan fingerprint density at radius 3 is 2.76 bits per heavy atom. The first-order valence-corrected chi connectivity index (χ1v) is 7.44. The molecule has 0 bridgehead atoms. The van der Waals surface area contributed by atoms with Gasteiger partial charge in [0, 0.05) is 12.1 Å². The fourth-order valence-corrected chi connectivity index (χ4v) is 2.11. The molecular formula is C15H17Cl2N3O. The maximum atomic E-state index is 6.18. The molecule has 0 spiro atoms. The number of aromatic nitrogens is 2. The summed E-state index contributed by atoms with van der Waals surface area (Å²) in [5, 5.41) is 1.05. The molecule has 1 heterocycles. The van der Waals surface area contributed by atoms with Crippen LogP contribution in [-0.2, 0) is 11.8 Å². The van der Waals surface area contributed by atoms with Gasteiger partial charge in [0.25, 0.3) is 0 Å². The lowest BCUT2D eigenvalue weighted by atomic mass is 10.3. The average Bonchev–Trinajstić information content (AvgIpc) is 2.86. The maximum absolute atomic E-state index is 6.18. The predicted octanol–water partition coefficient (Wildman–Crippen LogP) is 4.62. The van der Waals surface area contributed by atoms with Crippen molar-refractivity contribution in [3.63, 3.8) is 0 Å². The van der Waals surface area contributed by atoms with Gasteiger partial charge in [-0.15, -0.1) is 0 Å². The Bertz CT molecular complexity index is 652. The van der Waals surface area contributed by atoms with E-state index in [-0.39, 0.29) is 6.10 Å². The molecule has 0 N–H and O–H groups in total. The molecule has 2 aromatic rings. The van der Waals surface area contributed by atoms with Crippen LogP contribution in [0, 0.1) is 0 Å². The molecule has 1 atom stereocenters. The van der Waals surface area contributed by atoms with Gasteiger partial charge in [-0.05, 0) is 31.5 Å². The summed E-state index contributed by atoms with van der Waals surface area (Å²) in [4.78, 5) is 8.64. The molecule has 1 aromatic carbocycles. The van der Waals surface area contributed by atoms with Crippen LogP contribution < -0.4 is 0 Å². The number of halogens is 2. The molecule has 0 aliphatic carbocycles. The largest absolute Gasteiger partial charge is 0.473 e. The Labute approximate surface area is 134 Å². The highest BCUT2D eigenvalue weighted by Crippen LogP contribution is 2.28. The van der Waals surface area contributed by atoms with Gasteiger partial charge in [-0.2, -0.15) is 0 Å². The van der Waals surface area contributed by atoms with E-state index in [4.69, 9.17) is 27.9 Å². The number of rotatable bonds is 4. The second-order valence-electron chi connectivity index (χ2n) is 4.74. The number of nitrogens with zero attached hydrogens (tertiary/aromatic N) is 3. The van der Waals surface area contributed by atoms with E-state index in [1.165, 1.54) is 0 Å². The van der Waals surface area contributed by atoms with Crippen LogP contribution in [0.3, 0.4) is 0 Å². The van der Waals surface area contributed by atoms with Gasteiger partial charge in [-0.25, -0.2) is 9.98 Å². The zero-order valence-corrected chi connectivity index (χ0v) is 13.7. The number of imidazole rings is 1. The number of hydrogen-bond acceptors (Lipinski definition) is 3. The zero-order valence-electron chi connectivity index (χ0n) is 12.2. The van der Waals surface area contributed by atoms with E-state index in [0.29, 0.717) is 21.6 Å². The van der Waals surface area contributed by atoms with Crippen LogP contribution in [0.25, 0.3) is 0 Å². The number of ether oxygens (including phenoxy) is 1. The van der Waals surface area contributed by atoms with E-state index in [1.807, 2.05) is 18.5 Å². The molecule has 0 fully saturated rings. The van der Waals surface area contributed by atoms with Crippen molar-refractivity contribution in [1.29, 1.82) is 0 Å². The predicted molar refractivity (Wildman–Crippen MR) is 86.7 cm³/mol. The minimum Gasteiger partial charge on any atom is -0.473 e. The summed E-state index contributed by atoms with van der Waals surface area (Å²) in [5.74, 6) is 0.494. The summed E-state index contributed by atoms with van der Waals surface area (Å²) in [6.45, 7) is 4.05. The monoisotopic (exact) mass is 325 g/mol. The van der Waals surface area contributed by atoms with Crippen molar-refractivity contribution in [2.75, 3.05) is 0 Å². The van der Waals surface area contributed by atoms with Crippen molar-refractivity contribution in [3.8, 4) is 0 Å². The quantitative estimate of drug-likeness (QED) is 0.607.